The predicted molar refractivity (Wildman–Crippen MR) is 67.1 cm³/mol. The van der Waals surface area contributed by atoms with Crippen molar-refractivity contribution in [2.24, 2.45) is 0 Å². The Balaban J connectivity index is 2.05. The molecule has 1 aliphatic rings. The van der Waals surface area contributed by atoms with E-state index in [1.165, 1.54) is 4.90 Å². The van der Waals surface area contributed by atoms with E-state index in [9.17, 15) is 9.59 Å². The van der Waals surface area contributed by atoms with Crippen LogP contribution in [0.4, 0.5) is 0 Å². The zero-order valence-electron chi connectivity index (χ0n) is 10.0. The summed E-state index contributed by atoms with van der Waals surface area (Å²) in [7, 11) is 0. The number of amides is 1. The number of rotatable bonds is 5. The van der Waals surface area contributed by atoms with Gasteiger partial charge in [-0.05, 0) is 47.8 Å². The molecule has 0 aliphatic heterocycles. The zero-order valence-corrected chi connectivity index (χ0v) is 11.6. The predicted octanol–water partition coefficient (Wildman–Crippen LogP) is 2.21. The van der Waals surface area contributed by atoms with Gasteiger partial charge < -0.3 is 14.1 Å². The third-order valence-corrected chi connectivity index (χ3v) is 3.06. The van der Waals surface area contributed by atoms with Crippen molar-refractivity contribution in [1.29, 1.82) is 0 Å². The van der Waals surface area contributed by atoms with E-state index in [2.05, 4.69) is 15.9 Å². The van der Waals surface area contributed by atoms with Gasteiger partial charge in [0.25, 0.3) is 5.91 Å². The first-order chi connectivity index (χ1) is 8.61. The molecule has 1 saturated carbocycles. The van der Waals surface area contributed by atoms with Crippen LogP contribution < -0.4 is 0 Å². The first kappa shape index (κ1) is 13.1. The van der Waals surface area contributed by atoms with Gasteiger partial charge in [0.2, 0.25) is 0 Å². The molecule has 0 unspecified atom stereocenters. The Bertz CT molecular complexity index is 453. The van der Waals surface area contributed by atoms with Crippen LogP contribution in [0.15, 0.2) is 21.2 Å². The molecule has 1 aromatic heterocycles. The molecule has 1 aromatic rings. The molecule has 1 fully saturated rings. The van der Waals surface area contributed by atoms with Crippen LogP contribution >= 0.6 is 15.9 Å². The second-order valence-electron chi connectivity index (χ2n) is 4.07. The third-order valence-electron chi connectivity index (χ3n) is 2.64. The molecular formula is C12H14BrNO4. The molecule has 1 aliphatic carbocycles. The Hall–Kier alpha value is -1.30. The minimum Gasteiger partial charge on any atom is -0.465 e. The number of hydrogen-bond acceptors (Lipinski definition) is 4. The molecule has 0 atom stereocenters. The number of halogens is 1. The average molecular weight is 316 g/mol. The molecule has 18 heavy (non-hydrogen) atoms. The monoisotopic (exact) mass is 315 g/mol. The van der Waals surface area contributed by atoms with E-state index >= 15 is 0 Å². The van der Waals surface area contributed by atoms with Gasteiger partial charge in [0.05, 0.1) is 6.61 Å². The van der Waals surface area contributed by atoms with Crippen molar-refractivity contribution in [3.8, 4) is 0 Å². The lowest BCUT2D eigenvalue weighted by atomic mass is 10.3. The second kappa shape index (κ2) is 5.56. The minimum absolute atomic E-state index is 0.0182. The minimum atomic E-state index is -0.386. The van der Waals surface area contributed by atoms with Gasteiger partial charge in [0.15, 0.2) is 10.4 Å². The van der Waals surface area contributed by atoms with E-state index in [0.717, 1.165) is 12.8 Å². The van der Waals surface area contributed by atoms with Crippen molar-refractivity contribution in [2.75, 3.05) is 13.2 Å². The third kappa shape index (κ3) is 3.13. The number of hydrogen-bond donors (Lipinski definition) is 0. The van der Waals surface area contributed by atoms with Gasteiger partial charge in [0, 0.05) is 6.04 Å². The normalized spacial score (nSPS) is 14.3. The van der Waals surface area contributed by atoms with Gasteiger partial charge in [-0.25, -0.2) is 0 Å². The average Bonchev–Trinajstić information content (AvgIpc) is 3.08. The molecule has 0 spiro atoms. The van der Waals surface area contributed by atoms with Crippen LogP contribution in [0.1, 0.15) is 30.3 Å². The van der Waals surface area contributed by atoms with Crippen molar-refractivity contribution in [3.05, 3.63) is 22.6 Å². The smallest absolute Gasteiger partial charge is 0.325 e. The van der Waals surface area contributed by atoms with Crippen LogP contribution in [0.25, 0.3) is 0 Å². The van der Waals surface area contributed by atoms with Gasteiger partial charge in [-0.2, -0.15) is 0 Å². The molecule has 0 bridgehead atoms. The standard InChI is InChI=1S/C12H14BrNO4/c1-2-17-11(15)7-14(8-3-4-8)12(16)9-5-6-10(13)18-9/h5-6,8H,2-4,7H2,1H3. The van der Waals surface area contributed by atoms with Crippen molar-refractivity contribution in [1.82, 2.24) is 4.90 Å². The summed E-state index contributed by atoms with van der Waals surface area (Å²) >= 11 is 3.15. The maximum atomic E-state index is 12.2. The summed E-state index contributed by atoms with van der Waals surface area (Å²) in [6.45, 7) is 2.04. The summed E-state index contributed by atoms with van der Waals surface area (Å²) in [6.07, 6.45) is 1.85. The number of carbonyl (C=O) groups is 2. The second-order valence-corrected chi connectivity index (χ2v) is 4.85. The summed E-state index contributed by atoms with van der Waals surface area (Å²) in [4.78, 5) is 25.2. The van der Waals surface area contributed by atoms with E-state index in [1.807, 2.05) is 0 Å². The number of furan rings is 1. The molecular weight excluding hydrogens is 302 g/mol. The Kier molecular flexibility index (Phi) is 4.06. The van der Waals surface area contributed by atoms with Crippen molar-refractivity contribution >= 4 is 27.8 Å². The molecule has 0 saturated heterocycles. The highest BCUT2D eigenvalue weighted by Crippen LogP contribution is 2.28. The van der Waals surface area contributed by atoms with Gasteiger partial charge >= 0.3 is 5.97 Å². The van der Waals surface area contributed by atoms with Gasteiger partial charge in [-0.15, -0.1) is 0 Å². The molecule has 0 aromatic carbocycles. The van der Waals surface area contributed by atoms with Crippen LogP contribution in [-0.2, 0) is 9.53 Å². The highest BCUT2D eigenvalue weighted by Gasteiger charge is 2.35. The molecule has 98 valence electrons. The lowest BCUT2D eigenvalue weighted by molar-refractivity contribution is -0.144. The van der Waals surface area contributed by atoms with Crippen LogP contribution in [0.5, 0.6) is 0 Å². The molecule has 5 nitrogen and oxygen atoms in total. The first-order valence-electron chi connectivity index (χ1n) is 5.83. The van der Waals surface area contributed by atoms with E-state index in [1.54, 1.807) is 19.1 Å². The Morgan fingerprint density at radius 2 is 2.22 bits per heavy atom. The van der Waals surface area contributed by atoms with Crippen molar-refractivity contribution in [3.63, 3.8) is 0 Å². The first-order valence-corrected chi connectivity index (χ1v) is 6.63. The fourth-order valence-electron chi connectivity index (χ4n) is 1.67. The summed E-state index contributed by atoms with van der Waals surface area (Å²) in [5.74, 6) is -0.419. The molecule has 2 rings (SSSR count). The van der Waals surface area contributed by atoms with E-state index in [0.29, 0.717) is 11.3 Å². The molecule has 0 radical (unpaired) electrons. The highest BCUT2D eigenvalue weighted by atomic mass is 79.9. The maximum absolute atomic E-state index is 12.2. The van der Waals surface area contributed by atoms with Crippen molar-refractivity contribution in [2.45, 2.75) is 25.8 Å². The molecule has 1 amide bonds. The Morgan fingerprint density at radius 1 is 1.50 bits per heavy atom. The number of nitrogens with zero attached hydrogens (tertiary/aromatic N) is 1. The SMILES string of the molecule is CCOC(=O)CN(C(=O)c1ccc(Br)o1)C1CC1. The fourth-order valence-corrected chi connectivity index (χ4v) is 1.98. The van der Waals surface area contributed by atoms with Gasteiger partial charge in [-0.1, -0.05) is 0 Å². The lowest BCUT2D eigenvalue weighted by Crippen LogP contribution is -2.38. The molecule has 1 heterocycles. The van der Waals surface area contributed by atoms with Gasteiger partial charge in [0.1, 0.15) is 6.54 Å². The maximum Gasteiger partial charge on any atom is 0.325 e. The summed E-state index contributed by atoms with van der Waals surface area (Å²) < 4.78 is 10.6. The topological polar surface area (TPSA) is 59.8 Å². The van der Waals surface area contributed by atoms with Gasteiger partial charge in [-0.3, -0.25) is 9.59 Å². The number of carbonyl (C=O) groups excluding carboxylic acids is 2. The largest absolute Gasteiger partial charge is 0.465 e. The van der Waals surface area contributed by atoms with Crippen LogP contribution in [0, 0.1) is 0 Å². The quantitative estimate of drug-likeness (QED) is 0.782. The number of esters is 1. The Labute approximate surface area is 113 Å². The summed E-state index contributed by atoms with van der Waals surface area (Å²) in [6, 6.07) is 3.38. The molecule has 6 heteroatoms. The molecule has 0 N–H and O–H groups in total. The van der Waals surface area contributed by atoms with Crippen LogP contribution in [0.3, 0.4) is 0 Å². The van der Waals surface area contributed by atoms with E-state index in [4.69, 9.17) is 9.15 Å². The lowest BCUT2D eigenvalue weighted by Gasteiger charge is -2.19. The van der Waals surface area contributed by atoms with E-state index in [-0.39, 0.29) is 30.2 Å². The van der Waals surface area contributed by atoms with Crippen LogP contribution in [-0.4, -0.2) is 36.0 Å². The van der Waals surface area contributed by atoms with Crippen molar-refractivity contribution < 1.29 is 18.7 Å². The fraction of sp³-hybridized carbons (Fsp3) is 0.500. The van der Waals surface area contributed by atoms with Crippen LogP contribution in [0.2, 0.25) is 0 Å². The Morgan fingerprint density at radius 3 is 2.72 bits per heavy atom. The number of ether oxygens (including phenoxy) is 1. The highest BCUT2D eigenvalue weighted by molar-refractivity contribution is 9.10. The summed E-state index contributed by atoms with van der Waals surface area (Å²) in [5, 5.41) is 0. The zero-order chi connectivity index (χ0) is 13.1. The van der Waals surface area contributed by atoms with E-state index < -0.39 is 0 Å². The summed E-state index contributed by atoms with van der Waals surface area (Å²) in [5.41, 5.74) is 0.